The Morgan fingerprint density at radius 1 is 1.00 bits per heavy atom. The maximum absolute atomic E-state index is 12.4. The predicted molar refractivity (Wildman–Crippen MR) is 85.4 cm³/mol. The maximum Gasteiger partial charge on any atom is 0.239 e. The van der Waals surface area contributed by atoms with Crippen LogP contribution in [0.15, 0.2) is 65.7 Å². The highest BCUT2D eigenvalue weighted by Gasteiger charge is 2.22. The second-order valence-electron chi connectivity index (χ2n) is 4.87. The van der Waals surface area contributed by atoms with E-state index < -0.39 is 21.5 Å². The normalized spacial score (nSPS) is 11.5. The molecule has 3 rings (SSSR count). The van der Waals surface area contributed by atoms with Crippen molar-refractivity contribution in [2.45, 2.75) is 4.90 Å². The second kappa shape index (κ2) is 5.65. The van der Waals surface area contributed by atoms with Crippen molar-refractivity contribution in [1.29, 1.82) is 0 Å². The number of hydrogen-bond acceptors (Lipinski definition) is 3. The van der Waals surface area contributed by atoms with Gasteiger partial charge in [0.1, 0.15) is 5.75 Å². The average molecular weight is 314 g/mol. The maximum atomic E-state index is 12.4. The largest absolute Gasteiger partial charge is 0.360 e. The van der Waals surface area contributed by atoms with E-state index in [2.05, 4.69) is 10.3 Å². The standard InChI is InChI=1S/C16H14N2O3S/c19-16(18-12-6-2-1-3-7-12)11-22(20,21)15-10-17-14-9-5-4-8-13(14)15/h1-10,17H,11H2,(H,18,19). The van der Waals surface area contributed by atoms with Crippen molar-refractivity contribution in [1.82, 2.24) is 4.98 Å². The number of H-pyrrole nitrogens is 1. The van der Waals surface area contributed by atoms with Crippen LogP contribution in [-0.2, 0) is 14.6 Å². The molecule has 22 heavy (non-hydrogen) atoms. The number of amides is 1. The Morgan fingerprint density at radius 2 is 1.68 bits per heavy atom. The van der Waals surface area contributed by atoms with Crippen LogP contribution in [0.3, 0.4) is 0 Å². The molecule has 0 atom stereocenters. The monoisotopic (exact) mass is 314 g/mol. The molecule has 0 fully saturated rings. The van der Waals surface area contributed by atoms with E-state index in [1.54, 1.807) is 42.5 Å². The Morgan fingerprint density at radius 3 is 2.45 bits per heavy atom. The summed E-state index contributed by atoms with van der Waals surface area (Å²) in [5.74, 6) is -1.15. The lowest BCUT2D eigenvalue weighted by molar-refractivity contribution is -0.113. The second-order valence-corrected chi connectivity index (χ2v) is 6.83. The molecule has 0 aliphatic rings. The zero-order chi connectivity index (χ0) is 15.6. The Hall–Kier alpha value is -2.60. The third kappa shape index (κ3) is 2.87. The molecule has 0 spiro atoms. The van der Waals surface area contributed by atoms with Gasteiger partial charge in [-0.2, -0.15) is 0 Å². The van der Waals surface area contributed by atoms with Gasteiger partial charge in [-0.05, 0) is 18.2 Å². The fraction of sp³-hybridized carbons (Fsp3) is 0.0625. The van der Waals surface area contributed by atoms with Crippen molar-refractivity contribution in [3.8, 4) is 0 Å². The first-order valence-corrected chi connectivity index (χ1v) is 8.35. The predicted octanol–water partition coefficient (Wildman–Crippen LogP) is 2.58. The summed E-state index contributed by atoms with van der Waals surface area (Å²) < 4.78 is 24.9. The zero-order valence-corrected chi connectivity index (χ0v) is 12.4. The highest BCUT2D eigenvalue weighted by Crippen LogP contribution is 2.23. The van der Waals surface area contributed by atoms with Crippen molar-refractivity contribution in [2.75, 3.05) is 11.1 Å². The van der Waals surface area contributed by atoms with Gasteiger partial charge in [-0.3, -0.25) is 4.79 Å². The smallest absolute Gasteiger partial charge is 0.239 e. The van der Waals surface area contributed by atoms with Crippen molar-refractivity contribution < 1.29 is 13.2 Å². The molecule has 1 heterocycles. The van der Waals surface area contributed by atoms with Crippen molar-refractivity contribution >= 4 is 32.3 Å². The lowest BCUT2D eigenvalue weighted by atomic mass is 10.2. The van der Waals surface area contributed by atoms with Crippen LogP contribution in [0.4, 0.5) is 5.69 Å². The van der Waals surface area contributed by atoms with Gasteiger partial charge in [-0.15, -0.1) is 0 Å². The molecule has 0 saturated heterocycles. The molecule has 0 aliphatic carbocycles. The lowest BCUT2D eigenvalue weighted by Crippen LogP contribution is -2.22. The number of anilines is 1. The minimum Gasteiger partial charge on any atom is -0.360 e. The van der Waals surface area contributed by atoms with Crippen LogP contribution >= 0.6 is 0 Å². The quantitative estimate of drug-likeness (QED) is 0.777. The van der Waals surface area contributed by atoms with Gasteiger partial charge in [-0.1, -0.05) is 36.4 Å². The summed E-state index contributed by atoms with van der Waals surface area (Å²) in [6.45, 7) is 0. The summed E-state index contributed by atoms with van der Waals surface area (Å²) in [6.07, 6.45) is 1.43. The number of nitrogens with one attached hydrogen (secondary N) is 2. The molecule has 0 radical (unpaired) electrons. The van der Waals surface area contributed by atoms with E-state index in [0.29, 0.717) is 11.1 Å². The number of carbonyl (C=O) groups is 1. The first-order chi connectivity index (χ1) is 10.6. The molecule has 0 bridgehead atoms. The first kappa shape index (κ1) is 14.3. The zero-order valence-electron chi connectivity index (χ0n) is 11.6. The number of carbonyl (C=O) groups excluding carboxylic acids is 1. The minimum absolute atomic E-state index is 0.145. The highest BCUT2D eigenvalue weighted by molar-refractivity contribution is 7.92. The molecule has 0 saturated carbocycles. The molecular weight excluding hydrogens is 300 g/mol. The molecule has 1 amide bonds. The van der Waals surface area contributed by atoms with Crippen molar-refractivity contribution in [3.05, 3.63) is 60.8 Å². The van der Waals surface area contributed by atoms with E-state index in [9.17, 15) is 13.2 Å². The SMILES string of the molecule is O=C(CS(=O)(=O)c1c[nH]c2ccccc12)Nc1ccccc1. The Labute approximate surface area is 127 Å². The molecule has 2 aromatic carbocycles. The van der Waals surface area contributed by atoms with E-state index in [4.69, 9.17) is 0 Å². The number of benzene rings is 2. The third-order valence-corrected chi connectivity index (χ3v) is 4.92. The number of aromatic amines is 1. The van der Waals surface area contributed by atoms with E-state index >= 15 is 0 Å². The van der Waals surface area contributed by atoms with Crippen LogP contribution in [0.1, 0.15) is 0 Å². The van der Waals surface area contributed by atoms with Crippen molar-refractivity contribution in [3.63, 3.8) is 0 Å². The van der Waals surface area contributed by atoms with E-state index in [1.165, 1.54) is 6.20 Å². The van der Waals surface area contributed by atoms with Crippen molar-refractivity contribution in [2.24, 2.45) is 0 Å². The Balaban J connectivity index is 1.83. The molecule has 3 aromatic rings. The number of para-hydroxylation sites is 2. The van der Waals surface area contributed by atoms with E-state index in [-0.39, 0.29) is 4.90 Å². The van der Waals surface area contributed by atoms with Gasteiger partial charge in [0.05, 0.1) is 4.90 Å². The topological polar surface area (TPSA) is 79.0 Å². The molecule has 112 valence electrons. The molecule has 5 nitrogen and oxygen atoms in total. The van der Waals surface area contributed by atoms with Gasteiger partial charge in [0.2, 0.25) is 5.91 Å². The fourth-order valence-electron chi connectivity index (χ4n) is 2.27. The van der Waals surface area contributed by atoms with Gasteiger partial charge in [0, 0.05) is 22.8 Å². The van der Waals surface area contributed by atoms with Gasteiger partial charge in [-0.25, -0.2) is 8.42 Å². The number of fused-ring (bicyclic) bond motifs is 1. The third-order valence-electron chi connectivity index (χ3n) is 3.27. The van der Waals surface area contributed by atoms with Crippen LogP contribution in [-0.4, -0.2) is 25.1 Å². The summed E-state index contributed by atoms with van der Waals surface area (Å²) in [6, 6.07) is 15.8. The molecule has 0 aliphatic heterocycles. The van der Waals surface area contributed by atoms with Gasteiger partial charge >= 0.3 is 0 Å². The summed E-state index contributed by atoms with van der Waals surface area (Å²) in [7, 11) is -3.71. The summed E-state index contributed by atoms with van der Waals surface area (Å²) in [4.78, 5) is 15.0. The first-order valence-electron chi connectivity index (χ1n) is 6.70. The molecule has 1 aromatic heterocycles. The Bertz CT molecular complexity index is 915. The van der Waals surface area contributed by atoms with Gasteiger partial charge < -0.3 is 10.3 Å². The summed E-state index contributed by atoms with van der Waals surface area (Å²) >= 11 is 0. The van der Waals surface area contributed by atoms with Crippen LogP contribution in [0.5, 0.6) is 0 Å². The minimum atomic E-state index is -3.71. The van der Waals surface area contributed by atoms with E-state index in [0.717, 1.165) is 5.52 Å². The average Bonchev–Trinajstić information content (AvgIpc) is 2.92. The summed E-state index contributed by atoms with van der Waals surface area (Å²) in [5.41, 5.74) is 1.30. The molecule has 6 heteroatoms. The van der Waals surface area contributed by atoms with Crippen LogP contribution in [0, 0.1) is 0 Å². The van der Waals surface area contributed by atoms with Gasteiger partial charge in [0.15, 0.2) is 9.84 Å². The lowest BCUT2D eigenvalue weighted by Gasteiger charge is -2.05. The number of hydrogen-bond donors (Lipinski definition) is 2. The highest BCUT2D eigenvalue weighted by atomic mass is 32.2. The summed E-state index contributed by atoms with van der Waals surface area (Å²) in [5, 5.41) is 3.17. The number of aromatic nitrogens is 1. The van der Waals surface area contributed by atoms with E-state index in [1.807, 2.05) is 12.1 Å². The molecular formula is C16H14N2O3S. The molecule has 2 N–H and O–H groups in total. The number of rotatable bonds is 4. The van der Waals surface area contributed by atoms with Gasteiger partial charge in [0.25, 0.3) is 0 Å². The molecule has 0 unspecified atom stereocenters. The van der Waals surface area contributed by atoms with Crippen LogP contribution in [0.2, 0.25) is 0 Å². The van der Waals surface area contributed by atoms with Crippen LogP contribution < -0.4 is 5.32 Å². The number of sulfone groups is 1. The Kier molecular flexibility index (Phi) is 3.68. The van der Waals surface area contributed by atoms with Crippen LogP contribution in [0.25, 0.3) is 10.9 Å². The fourth-order valence-corrected chi connectivity index (χ4v) is 3.60.